The summed E-state index contributed by atoms with van der Waals surface area (Å²) in [5.74, 6) is -0.403. The van der Waals surface area contributed by atoms with Gasteiger partial charge in [0.2, 0.25) is 0 Å². The van der Waals surface area contributed by atoms with Gasteiger partial charge in [0, 0.05) is 14.3 Å². The topological polar surface area (TPSA) is 84.9 Å². The molecule has 0 saturated heterocycles. The van der Waals surface area contributed by atoms with E-state index in [1.807, 2.05) is 0 Å². The van der Waals surface area contributed by atoms with Crippen LogP contribution < -0.4 is 14.8 Å². The zero-order valence-corrected chi connectivity index (χ0v) is 21.2. The Balaban J connectivity index is 2.00. The van der Waals surface area contributed by atoms with E-state index in [1.54, 1.807) is 42.8 Å². The van der Waals surface area contributed by atoms with Gasteiger partial charge in [0.25, 0.3) is 5.91 Å². The number of hydrogen-bond donors (Lipinski definition) is 2. The number of carbonyl (C=O) groups is 2. The molecular weight excluding hydrogens is 606 g/mol. The predicted octanol–water partition coefficient (Wildman–Crippen LogP) is 6.67. The zero-order chi connectivity index (χ0) is 22.0. The summed E-state index contributed by atoms with van der Waals surface area (Å²) < 4.78 is 11.9. The minimum Gasteiger partial charge on any atom is -0.497 e. The second kappa shape index (κ2) is 9.51. The highest BCUT2D eigenvalue weighted by molar-refractivity contribution is 9.13. The van der Waals surface area contributed by atoms with Crippen molar-refractivity contribution in [2.45, 2.75) is 0 Å². The number of ether oxygens (including phenoxy) is 2. The van der Waals surface area contributed by atoms with Gasteiger partial charge in [-0.1, -0.05) is 0 Å². The number of carboxylic acid groups (broad SMARTS) is 1. The fourth-order valence-corrected chi connectivity index (χ4v) is 5.65. The Hall–Kier alpha value is -1.88. The summed E-state index contributed by atoms with van der Waals surface area (Å²) in [7, 11) is 3.08. The fraction of sp³-hybridized carbons (Fsp3) is 0.100. The number of aromatic carboxylic acids is 1. The standard InChI is InChI=1S/C20H14Br3NO5S/c1-28-10-5-3-9(4-6-10)18-15(20(26)27)12(8-30-18)24-19(25)14-11(21)7-13(29-2)16(22)17(14)23/h3-8H,1-2H3,(H,24,25)(H,26,27). The van der Waals surface area contributed by atoms with E-state index in [1.165, 1.54) is 18.4 Å². The average Bonchev–Trinajstić information content (AvgIpc) is 3.14. The number of rotatable bonds is 6. The van der Waals surface area contributed by atoms with Crippen LogP contribution >= 0.6 is 59.1 Å². The molecule has 0 saturated carbocycles. The molecule has 30 heavy (non-hydrogen) atoms. The van der Waals surface area contributed by atoms with Crippen molar-refractivity contribution >= 4 is 76.7 Å². The maximum atomic E-state index is 13.0. The highest BCUT2D eigenvalue weighted by Crippen LogP contribution is 2.41. The first-order valence-electron chi connectivity index (χ1n) is 8.30. The van der Waals surface area contributed by atoms with Crippen molar-refractivity contribution in [2.24, 2.45) is 0 Å². The molecule has 2 aromatic carbocycles. The van der Waals surface area contributed by atoms with Gasteiger partial charge in [-0.25, -0.2) is 4.79 Å². The zero-order valence-electron chi connectivity index (χ0n) is 15.6. The van der Waals surface area contributed by atoms with E-state index in [4.69, 9.17) is 9.47 Å². The van der Waals surface area contributed by atoms with Gasteiger partial charge < -0.3 is 19.9 Å². The van der Waals surface area contributed by atoms with Gasteiger partial charge >= 0.3 is 5.97 Å². The molecule has 0 aliphatic heterocycles. The Bertz CT molecular complexity index is 1130. The summed E-state index contributed by atoms with van der Waals surface area (Å²) >= 11 is 11.4. The van der Waals surface area contributed by atoms with Crippen molar-refractivity contribution in [3.8, 4) is 21.9 Å². The molecule has 10 heteroatoms. The molecule has 1 aromatic heterocycles. The molecule has 156 valence electrons. The van der Waals surface area contributed by atoms with E-state index >= 15 is 0 Å². The number of benzene rings is 2. The molecule has 3 rings (SSSR count). The number of amides is 1. The maximum absolute atomic E-state index is 13.0. The van der Waals surface area contributed by atoms with Crippen LogP contribution in [0.4, 0.5) is 5.69 Å². The molecule has 2 N–H and O–H groups in total. The van der Waals surface area contributed by atoms with Crippen LogP contribution in [-0.4, -0.2) is 31.2 Å². The molecule has 0 fully saturated rings. The van der Waals surface area contributed by atoms with Gasteiger partial charge in [-0.15, -0.1) is 11.3 Å². The Morgan fingerprint density at radius 3 is 2.23 bits per heavy atom. The van der Waals surface area contributed by atoms with Gasteiger partial charge in [0.05, 0.1) is 34.8 Å². The van der Waals surface area contributed by atoms with Crippen LogP contribution in [0, 0.1) is 0 Å². The van der Waals surface area contributed by atoms with Crippen LogP contribution in [-0.2, 0) is 0 Å². The lowest BCUT2D eigenvalue weighted by Crippen LogP contribution is -2.15. The number of anilines is 1. The van der Waals surface area contributed by atoms with Crippen LogP contribution in [0.5, 0.6) is 11.5 Å². The lowest BCUT2D eigenvalue weighted by molar-refractivity contribution is 0.0699. The summed E-state index contributed by atoms with van der Waals surface area (Å²) in [6.45, 7) is 0. The number of thiophene rings is 1. The molecule has 1 amide bonds. The number of carbonyl (C=O) groups excluding carboxylic acids is 1. The second-order valence-corrected chi connectivity index (χ2v) is 9.22. The van der Waals surface area contributed by atoms with Crippen molar-refractivity contribution in [1.82, 2.24) is 0 Å². The number of halogens is 3. The van der Waals surface area contributed by atoms with Crippen LogP contribution in [0.1, 0.15) is 20.7 Å². The third kappa shape index (κ3) is 4.41. The minimum absolute atomic E-state index is 0.0262. The van der Waals surface area contributed by atoms with Crippen molar-refractivity contribution in [1.29, 1.82) is 0 Å². The summed E-state index contributed by atoms with van der Waals surface area (Å²) in [6.07, 6.45) is 0. The maximum Gasteiger partial charge on any atom is 0.339 e. The molecule has 0 unspecified atom stereocenters. The van der Waals surface area contributed by atoms with Crippen LogP contribution in [0.3, 0.4) is 0 Å². The Kier molecular flexibility index (Phi) is 7.22. The largest absolute Gasteiger partial charge is 0.497 e. The van der Waals surface area contributed by atoms with Crippen molar-refractivity contribution in [3.05, 3.63) is 60.3 Å². The van der Waals surface area contributed by atoms with E-state index in [2.05, 4.69) is 53.1 Å². The first-order chi connectivity index (χ1) is 14.3. The molecule has 3 aromatic rings. The SMILES string of the molecule is COc1ccc(-c2scc(NC(=O)c3c(Br)cc(OC)c(Br)c3Br)c2C(=O)O)cc1. The van der Waals surface area contributed by atoms with Crippen molar-refractivity contribution < 1.29 is 24.2 Å². The van der Waals surface area contributed by atoms with Gasteiger partial charge in [0.1, 0.15) is 17.1 Å². The number of hydrogen-bond acceptors (Lipinski definition) is 5. The van der Waals surface area contributed by atoms with Crippen LogP contribution in [0.15, 0.2) is 49.1 Å². The van der Waals surface area contributed by atoms with Crippen molar-refractivity contribution in [3.63, 3.8) is 0 Å². The predicted molar refractivity (Wildman–Crippen MR) is 127 cm³/mol. The normalized spacial score (nSPS) is 10.6. The second-order valence-electron chi connectivity index (χ2n) is 5.90. The summed E-state index contributed by atoms with van der Waals surface area (Å²) in [6, 6.07) is 8.70. The summed E-state index contributed by atoms with van der Waals surface area (Å²) in [5, 5.41) is 14.1. The highest BCUT2D eigenvalue weighted by atomic mass is 79.9. The molecule has 0 aliphatic rings. The number of methoxy groups -OCH3 is 2. The van der Waals surface area contributed by atoms with Crippen LogP contribution in [0.25, 0.3) is 10.4 Å². The quantitative estimate of drug-likeness (QED) is 0.301. The highest BCUT2D eigenvalue weighted by Gasteiger charge is 2.25. The minimum atomic E-state index is -1.13. The van der Waals surface area contributed by atoms with Crippen LogP contribution in [0.2, 0.25) is 0 Å². The average molecular weight is 620 g/mol. The van der Waals surface area contributed by atoms with Gasteiger partial charge in [-0.2, -0.15) is 0 Å². The van der Waals surface area contributed by atoms with E-state index in [0.29, 0.717) is 40.9 Å². The molecule has 1 heterocycles. The third-order valence-corrected chi connectivity index (χ3v) is 7.94. The molecule has 0 atom stereocenters. The molecular formula is C20H14Br3NO5S. The van der Waals surface area contributed by atoms with Crippen molar-refractivity contribution in [2.75, 3.05) is 19.5 Å². The third-order valence-electron chi connectivity index (χ3n) is 4.18. The molecule has 0 radical (unpaired) electrons. The lowest BCUT2D eigenvalue weighted by Gasteiger charge is -2.13. The van der Waals surface area contributed by atoms with Gasteiger partial charge in [-0.05, 0) is 83.7 Å². The monoisotopic (exact) mass is 617 g/mol. The fourth-order valence-electron chi connectivity index (χ4n) is 2.73. The number of carboxylic acids is 1. The van der Waals surface area contributed by atoms with Gasteiger partial charge in [0.15, 0.2) is 0 Å². The summed E-state index contributed by atoms with van der Waals surface area (Å²) in [4.78, 5) is 25.5. The first-order valence-corrected chi connectivity index (χ1v) is 11.6. The Morgan fingerprint density at radius 2 is 1.67 bits per heavy atom. The number of nitrogens with one attached hydrogen (secondary N) is 1. The Morgan fingerprint density at radius 1 is 1.00 bits per heavy atom. The van der Waals surface area contributed by atoms with E-state index in [0.717, 1.165) is 0 Å². The summed E-state index contributed by atoms with van der Waals surface area (Å²) in [5.41, 5.74) is 1.26. The van der Waals surface area contributed by atoms with E-state index in [9.17, 15) is 14.7 Å². The molecule has 0 aliphatic carbocycles. The molecule has 0 bridgehead atoms. The smallest absolute Gasteiger partial charge is 0.339 e. The molecule has 0 spiro atoms. The Labute approximate surface area is 201 Å². The van der Waals surface area contributed by atoms with E-state index in [-0.39, 0.29) is 11.3 Å². The first kappa shape index (κ1) is 22.8. The van der Waals surface area contributed by atoms with E-state index < -0.39 is 11.9 Å². The lowest BCUT2D eigenvalue weighted by atomic mass is 10.1. The molecule has 6 nitrogen and oxygen atoms in total. The van der Waals surface area contributed by atoms with Gasteiger partial charge in [-0.3, -0.25) is 4.79 Å².